The van der Waals surface area contributed by atoms with Crippen LogP contribution in [0.5, 0.6) is 0 Å². The van der Waals surface area contributed by atoms with Crippen LogP contribution in [0.2, 0.25) is 0 Å². The molecule has 0 radical (unpaired) electrons. The Morgan fingerprint density at radius 2 is 2.14 bits per heavy atom. The lowest BCUT2D eigenvalue weighted by Crippen LogP contribution is -1.73. The quantitative estimate of drug-likeness (QED) is 0.605. The molecule has 0 aliphatic carbocycles. The highest BCUT2D eigenvalue weighted by atomic mass is 79.9. The molecule has 0 unspecified atom stereocenters. The highest BCUT2D eigenvalue weighted by Crippen LogP contribution is 2.26. The lowest BCUT2D eigenvalue weighted by atomic mass is 10.2. The van der Waals surface area contributed by atoms with E-state index in [4.69, 9.17) is 4.42 Å². The molecular formula is C11H6BrNO. The molecule has 14 heavy (non-hydrogen) atoms. The van der Waals surface area contributed by atoms with Crippen molar-refractivity contribution in [1.82, 2.24) is 4.98 Å². The molecule has 0 saturated carbocycles. The predicted molar refractivity (Wildman–Crippen MR) is 59.2 cm³/mol. The van der Waals surface area contributed by atoms with Crippen molar-refractivity contribution in [3.8, 4) is 0 Å². The fourth-order valence-corrected chi connectivity index (χ4v) is 2.05. The lowest BCUT2D eigenvalue weighted by molar-refractivity contribution is 0.604. The Bertz CT molecular complexity index is 615. The molecule has 0 aliphatic rings. The molecule has 3 aromatic rings. The van der Waals surface area contributed by atoms with Gasteiger partial charge in [-0.3, -0.25) is 0 Å². The maximum Gasteiger partial charge on any atom is 0.135 e. The van der Waals surface area contributed by atoms with E-state index in [1.807, 2.05) is 30.3 Å². The molecule has 0 amide bonds. The Kier molecular flexibility index (Phi) is 1.61. The van der Waals surface area contributed by atoms with E-state index in [1.54, 1.807) is 6.26 Å². The summed E-state index contributed by atoms with van der Waals surface area (Å²) in [6.45, 7) is 0. The Labute approximate surface area is 88.7 Å². The molecule has 0 saturated heterocycles. The minimum absolute atomic E-state index is 0.865. The number of rotatable bonds is 0. The van der Waals surface area contributed by atoms with Gasteiger partial charge in [0.1, 0.15) is 10.2 Å². The average Bonchev–Trinajstić information content (AvgIpc) is 2.59. The van der Waals surface area contributed by atoms with Crippen LogP contribution in [0.15, 0.2) is 45.6 Å². The van der Waals surface area contributed by atoms with Crippen molar-refractivity contribution >= 4 is 37.8 Å². The first-order chi connectivity index (χ1) is 6.84. The van der Waals surface area contributed by atoms with Gasteiger partial charge in [-0.15, -0.1) is 0 Å². The molecule has 0 fully saturated rings. The summed E-state index contributed by atoms with van der Waals surface area (Å²) in [6.07, 6.45) is 1.67. The molecule has 0 atom stereocenters. The molecule has 1 aromatic carbocycles. The number of hydrogen-bond donors (Lipinski definition) is 0. The summed E-state index contributed by atoms with van der Waals surface area (Å²) in [6, 6.07) is 9.87. The van der Waals surface area contributed by atoms with Crippen molar-refractivity contribution in [1.29, 1.82) is 0 Å². The van der Waals surface area contributed by atoms with Gasteiger partial charge in [0.2, 0.25) is 0 Å². The number of hydrogen-bond acceptors (Lipinski definition) is 2. The van der Waals surface area contributed by atoms with Gasteiger partial charge in [0.05, 0.1) is 11.8 Å². The van der Waals surface area contributed by atoms with Crippen LogP contribution in [0.1, 0.15) is 0 Å². The second-order valence-corrected chi connectivity index (χ2v) is 3.92. The third-order valence-electron chi connectivity index (χ3n) is 2.24. The average molecular weight is 248 g/mol. The van der Waals surface area contributed by atoms with E-state index >= 15 is 0 Å². The summed E-state index contributed by atoms with van der Waals surface area (Å²) < 4.78 is 6.24. The fourth-order valence-electron chi connectivity index (χ4n) is 1.63. The zero-order valence-electron chi connectivity index (χ0n) is 7.20. The van der Waals surface area contributed by atoms with E-state index in [-0.39, 0.29) is 0 Å². The Hall–Kier alpha value is -1.35. The second kappa shape index (κ2) is 2.82. The molecule has 0 spiro atoms. The minimum atomic E-state index is 0.865. The molecule has 3 heteroatoms. The van der Waals surface area contributed by atoms with Crippen molar-refractivity contribution in [2.75, 3.05) is 0 Å². The largest absolute Gasteiger partial charge is 0.464 e. The smallest absolute Gasteiger partial charge is 0.135 e. The zero-order valence-corrected chi connectivity index (χ0v) is 8.78. The molecule has 0 N–H and O–H groups in total. The van der Waals surface area contributed by atoms with Crippen LogP contribution in [0.4, 0.5) is 0 Å². The number of fused-ring (bicyclic) bond motifs is 3. The van der Waals surface area contributed by atoms with Crippen LogP contribution >= 0.6 is 15.9 Å². The highest BCUT2D eigenvalue weighted by molar-refractivity contribution is 9.10. The third-order valence-corrected chi connectivity index (χ3v) is 2.64. The van der Waals surface area contributed by atoms with E-state index in [9.17, 15) is 0 Å². The van der Waals surface area contributed by atoms with Gasteiger partial charge in [0.15, 0.2) is 0 Å². The standard InChI is InChI=1S/C11H6BrNO/c12-10-6-7-3-4-9-8(11(7)13-10)2-1-5-14-9/h1-6H. The summed E-state index contributed by atoms with van der Waals surface area (Å²) in [5.74, 6) is 0. The van der Waals surface area contributed by atoms with Gasteiger partial charge in [0.25, 0.3) is 0 Å². The Morgan fingerprint density at radius 1 is 1.21 bits per heavy atom. The summed E-state index contributed by atoms with van der Waals surface area (Å²) in [5, 5.41) is 2.18. The molecule has 2 aromatic heterocycles. The first-order valence-electron chi connectivity index (χ1n) is 4.27. The Morgan fingerprint density at radius 3 is 3.07 bits per heavy atom. The van der Waals surface area contributed by atoms with Gasteiger partial charge in [-0.05, 0) is 46.3 Å². The van der Waals surface area contributed by atoms with E-state index in [0.29, 0.717) is 0 Å². The van der Waals surface area contributed by atoms with E-state index in [1.165, 1.54) is 0 Å². The second-order valence-electron chi connectivity index (χ2n) is 3.11. The maximum absolute atomic E-state index is 5.37. The van der Waals surface area contributed by atoms with Crippen molar-refractivity contribution < 1.29 is 4.42 Å². The van der Waals surface area contributed by atoms with Crippen molar-refractivity contribution in [3.05, 3.63) is 41.2 Å². The third kappa shape index (κ3) is 1.06. The Balaban J connectivity index is 2.60. The predicted octanol–water partition coefficient (Wildman–Crippen LogP) is 3.74. The first kappa shape index (κ1) is 8.00. The number of benzene rings is 1. The zero-order chi connectivity index (χ0) is 9.54. The van der Waals surface area contributed by atoms with Crippen LogP contribution in [0.25, 0.3) is 21.9 Å². The summed E-state index contributed by atoms with van der Waals surface area (Å²) in [7, 11) is 0. The fraction of sp³-hybridized carbons (Fsp3) is 0. The number of halogens is 1. The van der Waals surface area contributed by atoms with E-state index < -0.39 is 0 Å². The summed E-state index contributed by atoms with van der Waals surface area (Å²) >= 11 is 3.37. The molecule has 0 aliphatic heterocycles. The molecule has 68 valence electrons. The first-order valence-corrected chi connectivity index (χ1v) is 5.06. The van der Waals surface area contributed by atoms with Crippen LogP contribution in [0, 0.1) is 0 Å². The van der Waals surface area contributed by atoms with Crippen LogP contribution < -0.4 is 0 Å². The van der Waals surface area contributed by atoms with Crippen LogP contribution in [-0.4, -0.2) is 4.98 Å². The summed E-state index contributed by atoms with van der Waals surface area (Å²) in [4.78, 5) is 4.40. The summed E-state index contributed by atoms with van der Waals surface area (Å²) in [5.41, 5.74) is 1.85. The van der Waals surface area contributed by atoms with Crippen LogP contribution in [0.3, 0.4) is 0 Å². The van der Waals surface area contributed by atoms with Gasteiger partial charge in [-0.2, -0.15) is 0 Å². The lowest BCUT2D eigenvalue weighted by Gasteiger charge is -1.96. The molecule has 0 bridgehead atoms. The topological polar surface area (TPSA) is 26.0 Å². The van der Waals surface area contributed by atoms with Gasteiger partial charge >= 0.3 is 0 Å². The van der Waals surface area contributed by atoms with E-state index in [0.717, 1.165) is 26.5 Å². The molecule has 2 nitrogen and oxygen atoms in total. The van der Waals surface area contributed by atoms with Crippen molar-refractivity contribution in [2.24, 2.45) is 0 Å². The van der Waals surface area contributed by atoms with Gasteiger partial charge in [0, 0.05) is 10.8 Å². The van der Waals surface area contributed by atoms with Crippen molar-refractivity contribution in [3.63, 3.8) is 0 Å². The molecule has 3 rings (SSSR count). The monoisotopic (exact) mass is 247 g/mol. The minimum Gasteiger partial charge on any atom is -0.464 e. The molecule has 2 heterocycles. The van der Waals surface area contributed by atoms with Gasteiger partial charge in [-0.1, -0.05) is 0 Å². The molecular weight excluding hydrogens is 242 g/mol. The normalized spacial score (nSPS) is 11.2. The van der Waals surface area contributed by atoms with Crippen LogP contribution in [-0.2, 0) is 0 Å². The highest BCUT2D eigenvalue weighted by Gasteiger charge is 2.04. The number of aromatic nitrogens is 1. The van der Waals surface area contributed by atoms with Gasteiger partial charge in [-0.25, -0.2) is 4.98 Å². The SMILES string of the molecule is Brc1cc2ccc3occcc3c2n1. The van der Waals surface area contributed by atoms with Crippen molar-refractivity contribution in [2.45, 2.75) is 0 Å². The van der Waals surface area contributed by atoms with Gasteiger partial charge < -0.3 is 4.42 Å². The van der Waals surface area contributed by atoms with E-state index in [2.05, 4.69) is 20.9 Å². The maximum atomic E-state index is 5.37. The number of nitrogens with zero attached hydrogens (tertiary/aromatic N) is 1.